The quantitative estimate of drug-likeness (QED) is 0.244. The second-order valence-corrected chi connectivity index (χ2v) is 10.3. The second kappa shape index (κ2) is 8.30. The molecule has 0 aliphatic heterocycles. The van der Waals surface area contributed by atoms with Gasteiger partial charge in [0.25, 0.3) is 0 Å². The van der Waals surface area contributed by atoms with Crippen LogP contribution in [0.5, 0.6) is 0 Å². The molecule has 0 spiro atoms. The Bertz CT molecular complexity index is 2070. The minimum atomic E-state index is 0.666. The lowest BCUT2D eigenvalue weighted by atomic mass is 10.1. The average Bonchev–Trinajstić information content (AvgIpc) is 3.54. The second-order valence-electron chi connectivity index (χ2n) is 9.20. The van der Waals surface area contributed by atoms with Gasteiger partial charge in [0.15, 0.2) is 11.6 Å². The molecule has 178 valence electrons. The van der Waals surface area contributed by atoms with E-state index in [0.29, 0.717) is 11.6 Å². The molecule has 0 aliphatic rings. The van der Waals surface area contributed by atoms with Crippen molar-refractivity contribution in [2.24, 2.45) is 0 Å². The summed E-state index contributed by atoms with van der Waals surface area (Å²) in [6, 6.07) is 31.9. The Hall–Kier alpha value is -4.94. The van der Waals surface area contributed by atoms with Crippen molar-refractivity contribution < 1.29 is 0 Å². The molecule has 8 rings (SSSR count). The van der Waals surface area contributed by atoms with Crippen LogP contribution in [0.3, 0.4) is 0 Å². The van der Waals surface area contributed by atoms with Crippen LogP contribution in [0.15, 0.2) is 116 Å². The monoisotopic (exact) mass is 505 g/mol. The third kappa shape index (κ3) is 3.17. The standard InChI is InChI=1S/C32H19N5S/c1-3-9-27-23(7-1)25-11-12-26-24-8-2-4-10-28(24)38-30(26)29(25)37(27)22-18-20(31-33-13-5-14-34-31)17-21(19-22)32-35-15-6-16-36-32/h1-19H. The highest BCUT2D eigenvalue weighted by Crippen LogP contribution is 2.43. The minimum absolute atomic E-state index is 0.666. The predicted octanol–water partition coefficient (Wildman–Crippen LogP) is 8.07. The molecule has 0 saturated heterocycles. The first-order valence-electron chi connectivity index (χ1n) is 12.4. The van der Waals surface area contributed by atoms with E-state index < -0.39 is 0 Å². The lowest BCUT2D eigenvalue weighted by Gasteiger charge is -2.13. The topological polar surface area (TPSA) is 56.5 Å². The van der Waals surface area contributed by atoms with Gasteiger partial charge in [-0.2, -0.15) is 0 Å². The average molecular weight is 506 g/mol. The maximum atomic E-state index is 4.55. The van der Waals surface area contributed by atoms with Gasteiger partial charge in [0.2, 0.25) is 0 Å². The normalized spacial score (nSPS) is 11.7. The van der Waals surface area contributed by atoms with E-state index in [1.807, 2.05) is 23.5 Å². The highest BCUT2D eigenvalue weighted by atomic mass is 32.1. The number of thiophene rings is 1. The Labute approximate surface area is 221 Å². The van der Waals surface area contributed by atoms with E-state index in [0.717, 1.165) is 22.3 Å². The molecule has 0 aliphatic carbocycles. The van der Waals surface area contributed by atoms with Crippen molar-refractivity contribution >= 4 is 53.3 Å². The zero-order valence-electron chi connectivity index (χ0n) is 20.1. The molecule has 38 heavy (non-hydrogen) atoms. The molecule has 0 atom stereocenters. The molecule has 4 aromatic carbocycles. The van der Waals surface area contributed by atoms with Gasteiger partial charge in [-0.05, 0) is 42.5 Å². The van der Waals surface area contributed by atoms with Crippen LogP contribution in [0, 0.1) is 0 Å². The van der Waals surface area contributed by atoms with Gasteiger partial charge < -0.3 is 4.57 Å². The summed E-state index contributed by atoms with van der Waals surface area (Å²) in [5.74, 6) is 1.33. The predicted molar refractivity (Wildman–Crippen MR) is 156 cm³/mol. The van der Waals surface area contributed by atoms with Gasteiger partial charge in [-0.25, -0.2) is 19.9 Å². The number of rotatable bonds is 3. The summed E-state index contributed by atoms with van der Waals surface area (Å²) in [5.41, 5.74) is 5.21. The molecule has 5 nitrogen and oxygen atoms in total. The largest absolute Gasteiger partial charge is 0.308 e. The molecule has 0 amide bonds. The van der Waals surface area contributed by atoms with Crippen molar-refractivity contribution in [3.8, 4) is 28.5 Å². The molecule has 4 heterocycles. The van der Waals surface area contributed by atoms with Gasteiger partial charge in [-0.3, -0.25) is 0 Å². The zero-order valence-corrected chi connectivity index (χ0v) is 20.9. The minimum Gasteiger partial charge on any atom is -0.308 e. The van der Waals surface area contributed by atoms with Crippen LogP contribution >= 0.6 is 11.3 Å². The molecule has 0 fully saturated rings. The molecule has 0 N–H and O–H groups in total. The van der Waals surface area contributed by atoms with Gasteiger partial charge in [0.1, 0.15) is 0 Å². The first kappa shape index (κ1) is 21.2. The van der Waals surface area contributed by atoms with Crippen LogP contribution in [0.25, 0.3) is 70.4 Å². The van der Waals surface area contributed by atoms with E-state index in [4.69, 9.17) is 0 Å². The summed E-state index contributed by atoms with van der Waals surface area (Å²) in [6.45, 7) is 0. The van der Waals surface area contributed by atoms with Crippen LogP contribution in [0.2, 0.25) is 0 Å². The third-order valence-corrected chi connectivity index (χ3v) is 8.20. The SMILES string of the molecule is c1cnc(-c2cc(-c3ncccn3)cc(-n3c4ccccc4c4ccc5c6ccccc6sc5c43)c2)nc1. The van der Waals surface area contributed by atoms with E-state index in [1.165, 1.54) is 36.5 Å². The Morgan fingerprint density at radius 2 is 1.13 bits per heavy atom. The first-order valence-corrected chi connectivity index (χ1v) is 13.2. The molecule has 8 aromatic rings. The molecule has 6 heteroatoms. The van der Waals surface area contributed by atoms with Crippen molar-refractivity contribution in [1.82, 2.24) is 24.5 Å². The third-order valence-electron chi connectivity index (χ3n) is 7.00. The number of hydrogen-bond acceptors (Lipinski definition) is 5. The van der Waals surface area contributed by atoms with Gasteiger partial charge in [0, 0.05) is 67.8 Å². The van der Waals surface area contributed by atoms with Gasteiger partial charge in [-0.15, -0.1) is 11.3 Å². The summed E-state index contributed by atoms with van der Waals surface area (Å²) < 4.78 is 4.94. The van der Waals surface area contributed by atoms with Crippen LogP contribution in [-0.2, 0) is 0 Å². The van der Waals surface area contributed by atoms with Crippen molar-refractivity contribution in [2.45, 2.75) is 0 Å². The van der Waals surface area contributed by atoms with Crippen LogP contribution in [0.4, 0.5) is 0 Å². The Morgan fingerprint density at radius 1 is 0.526 bits per heavy atom. The number of aromatic nitrogens is 5. The van der Waals surface area contributed by atoms with Crippen molar-refractivity contribution in [3.63, 3.8) is 0 Å². The van der Waals surface area contributed by atoms with Crippen LogP contribution in [0.1, 0.15) is 0 Å². The fourth-order valence-corrected chi connectivity index (χ4v) is 6.63. The van der Waals surface area contributed by atoms with E-state index in [9.17, 15) is 0 Å². The number of fused-ring (bicyclic) bond motifs is 7. The summed E-state index contributed by atoms with van der Waals surface area (Å²) in [7, 11) is 0. The fraction of sp³-hybridized carbons (Fsp3) is 0. The number of hydrogen-bond donors (Lipinski definition) is 0. The molecule has 0 bridgehead atoms. The molecule has 4 aromatic heterocycles. The molecule has 0 saturated carbocycles. The highest BCUT2D eigenvalue weighted by molar-refractivity contribution is 7.26. The molecule has 0 unspecified atom stereocenters. The van der Waals surface area contributed by atoms with E-state index in [2.05, 4.69) is 103 Å². The van der Waals surface area contributed by atoms with E-state index >= 15 is 0 Å². The summed E-state index contributed by atoms with van der Waals surface area (Å²) in [5, 5.41) is 5.02. The van der Waals surface area contributed by atoms with Gasteiger partial charge in [-0.1, -0.05) is 48.5 Å². The van der Waals surface area contributed by atoms with E-state index in [-0.39, 0.29) is 0 Å². The van der Waals surface area contributed by atoms with Crippen LogP contribution in [-0.4, -0.2) is 24.5 Å². The zero-order chi connectivity index (χ0) is 25.1. The van der Waals surface area contributed by atoms with Gasteiger partial charge >= 0.3 is 0 Å². The number of benzene rings is 4. The highest BCUT2D eigenvalue weighted by Gasteiger charge is 2.19. The molecular formula is C32H19N5S. The fourth-order valence-electron chi connectivity index (χ4n) is 5.39. The Morgan fingerprint density at radius 3 is 1.84 bits per heavy atom. The van der Waals surface area contributed by atoms with E-state index in [1.54, 1.807) is 24.8 Å². The Balaban J connectivity index is 1.53. The lowest BCUT2D eigenvalue weighted by molar-refractivity contribution is 1.14. The summed E-state index contributed by atoms with van der Waals surface area (Å²) in [4.78, 5) is 18.2. The Kier molecular flexibility index (Phi) is 4.62. The maximum absolute atomic E-state index is 4.55. The van der Waals surface area contributed by atoms with Crippen LogP contribution < -0.4 is 0 Å². The number of nitrogens with zero attached hydrogens (tertiary/aromatic N) is 5. The molecular weight excluding hydrogens is 486 g/mol. The first-order chi connectivity index (χ1) is 18.8. The summed E-state index contributed by atoms with van der Waals surface area (Å²) >= 11 is 1.85. The van der Waals surface area contributed by atoms with Gasteiger partial charge in [0.05, 0.1) is 15.7 Å². The lowest BCUT2D eigenvalue weighted by Crippen LogP contribution is -1.98. The maximum Gasteiger partial charge on any atom is 0.159 e. The smallest absolute Gasteiger partial charge is 0.159 e. The molecule has 0 radical (unpaired) electrons. The van der Waals surface area contributed by atoms with Crippen molar-refractivity contribution in [2.75, 3.05) is 0 Å². The van der Waals surface area contributed by atoms with Crippen molar-refractivity contribution in [1.29, 1.82) is 0 Å². The van der Waals surface area contributed by atoms with Crippen molar-refractivity contribution in [3.05, 3.63) is 116 Å². The summed E-state index contributed by atoms with van der Waals surface area (Å²) in [6.07, 6.45) is 7.09. The number of para-hydroxylation sites is 1.